The first kappa shape index (κ1) is 17.5. The molecule has 2 fully saturated rings. The SMILES string of the molecule is CCOc1cccc2sc(N3CCOC(C(=O)N4CCCCC4)C3)nc12. The molecule has 0 N–H and O–H groups in total. The standard InChI is InChI=1S/C19H25N3O3S/c1-2-24-14-7-6-8-16-17(14)20-19(26-16)22-11-12-25-15(13-22)18(23)21-9-4-3-5-10-21/h6-8,15H,2-5,9-13H2,1H3. The van der Waals surface area contributed by atoms with Crippen molar-refractivity contribution in [3.63, 3.8) is 0 Å². The number of nitrogens with zero attached hydrogens (tertiary/aromatic N) is 3. The quantitative estimate of drug-likeness (QED) is 0.822. The average molecular weight is 375 g/mol. The number of carbonyl (C=O) groups excluding carboxylic acids is 1. The van der Waals surface area contributed by atoms with Gasteiger partial charge in [-0.25, -0.2) is 4.98 Å². The Kier molecular flexibility index (Phi) is 5.26. The van der Waals surface area contributed by atoms with E-state index in [1.54, 1.807) is 11.3 Å². The minimum Gasteiger partial charge on any atom is -0.492 e. The fraction of sp³-hybridized carbons (Fsp3) is 0.579. The van der Waals surface area contributed by atoms with Gasteiger partial charge in [-0.3, -0.25) is 4.79 Å². The Morgan fingerprint density at radius 3 is 2.96 bits per heavy atom. The molecule has 4 rings (SSSR count). The molecule has 0 saturated carbocycles. The molecule has 1 aromatic carbocycles. The van der Waals surface area contributed by atoms with Gasteiger partial charge in [-0.1, -0.05) is 17.4 Å². The zero-order valence-corrected chi connectivity index (χ0v) is 16.0. The Bertz CT molecular complexity index is 772. The average Bonchev–Trinajstić information content (AvgIpc) is 3.14. The van der Waals surface area contributed by atoms with E-state index in [2.05, 4.69) is 11.0 Å². The van der Waals surface area contributed by atoms with Crippen molar-refractivity contribution in [3.05, 3.63) is 18.2 Å². The van der Waals surface area contributed by atoms with E-state index in [1.165, 1.54) is 6.42 Å². The summed E-state index contributed by atoms with van der Waals surface area (Å²) in [5.41, 5.74) is 0.903. The van der Waals surface area contributed by atoms with Crippen molar-refractivity contribution < 1.29 is 14.3 Å². The number of likely N-dealkylation sites (tertiary alicyclic amines) is 1. The Morgan fingerprint density at radius 2 is 2.15 bits per heavy atom. The fourth-order valence-corrected chi connectivity index (χ4v) is 4.63. The van der Waals surface area contributed by atoms with Crippen molar-refractivity contribution in [3.8, 4) is 5.75 Å². The Balaban J connectivity index is 1.51. The lowest BCUT2D eigenvalue weighted by atomic mass is 10.1. The number of benzene rings is 1. The van der Waals surface area contributed by atoms with E-state index >= 15 is 0 Å². The first-order chi connectivity index (χ1) is 12.8. The molecule has 1 unspecified atom stereocenters. The van der Waals surface area contributed by atoms with E-state index in [0.29, 0.717) is 19.8 Å². The van der Waals surface area contributed by atoms with Gasteiger partial charge in [-0.05, 0) is 38.3 Å². The summed E-state index contributed by atoms with van der Waals surface area (Å²) in [6, 6.07) is 6.02. The fourth-order valence-electron chi connectivity index (χ4n) is 3.61. The smallest absolute Gasteiger partial charge is 0.253 e. The summed E-state index contributed by atoms with van der Waals surface area (Å²) >= 11 is 1.65. The molecule has 0 bridgehead atoms. The number of aromatic nitrogens is 1. The van der Waals surface area contributed by atoms with E-state index in [9.17, 15) is 4.79 Å². The lowest BCUT2D eigenvalue weighted by molar-refractivity contribution is -0.145. The van der Waals surface area contributed by atoms with E-state index in [0.717, 1.165) is 53.6 Å². The van der Waals surface area contributed by atoms with Crippen LogP contribution < -0.4 is 9.64 Å². The second-order valence-electron chi connectivity index (χ2n) is 6.72. The number of para-hydroxylation sites is 1. The Morgan fingerprint density at radius 1 is 1.31 bits per heavy atom. The highest BCUT2D eigenvalue weighted by Gasteiger charge is 2.32. The molecule has 0 aliphatic carbocycles. The third kappa shape index (κ3) is 3.50. The lowest BCUT2D eigenvalue weighted by Crippen LogP contribution is -2.52. The van der Waals surface area contributed by atoms with Crippen molar-refractivity contribution in [1.29, 1.82) is 0 Å². The first-order valence-corrected chi connectivity index (χ1v) is 10.3. The number of ether oxygens (including phenoxy) is 2. The summed E-state index contributed by atoms with van der Waals surface area (Å²) < 4.78 is 12.6. The van der Waals surface area contributed by atoms with Crippen LogP contribution in [0.1, 0.15) is 26.2 Å². The van der Waals surface area contributed by atoms with Gasteiger partial charge in [0.2, 0.25) is 0 Å². The molecule has 26 heavy (non-hydrogen) atoms. The molecule has 0 spiro atoms. The van der Waals surface area contributed by atoms with Crippen LogP contribution in [0.2, 0.25) is 0 Å². The van der Waals surface area contributed by atoms with E-state index in [1.807, 2.05) is 24.0 Å². The predicted molar refractivity (Wildman–Crippen MR) is 103 cm³/mol. The van der Waals surface area contributed by atoms with Crippen LogP contribution in [0.3, 0.4) is 0 Å². The Labute approximate surface area is 157 Å². The number of morpholine rings is 1. The maximum Gasteiger partial charge on any atom is 0.253 e. The largest absolute Gasteiger partial charge is 0.492 e. The molecular weight excluding hydrogens is 350 g/mol. The van der Waals surface area contributed by atoms with Gasteiger partial charge < -0.3 is 19.3 Å². The molecule has 2 aliphatic heterocycles. The van der Waals surface area contributed by atoms with Gasteiger partial charge in [0, 0.05) is 19.6 Å². The summed E-state index contributed by atoms with van der Waals surface area (Å²) in [4.78, 5) is 21.7. The number of amides is 1. The van der Waals surface area contributed by atoms with Crippen molar-refractivity contribution in [2.75, 3.05) is 44.3 Å². The molecule has 2 saturated heterocycles. The van der Waals surface area contributed by atoms with Crippen LogP contribution >= 0.6 is 11.3 Å². The van der Waals surface area contributed by atoms with Crippen LogP contribution in [0.25, 0.3) is 10.2 Å². The summed E-state index contributed by atoms with van der Waals surface area (Å²) in [5.74, 6) is 0.951. The minimum absolute atomic E-state index is 0.130. The zero-order chi connectivity index (χ0) is 17.9. The van der Waals surface area contributed by atoms with Gasteiger partial charge in [0.05, 0.1) is 24.5 Å². The van der Waals surface area contributed by atoms with Gasteiger partial charge in [-0.2, -0.15) is 0 Å². The number of piperidine rings is 1. The van der Waals surface area contributed by atoms with Crippen molar-refractivity contribution >= 4 is 32.6 Å². The maximum atomic E-state index is 12.8. The highest BCUT2D eigenvalue weighted by Crippen LogP contribution is 2.34. The third-order valence-corrected chi connectivity index (χ3v) is 6.03. The minimum atomic E-state index is -0.389. The molecule has 2 aromatic rings. The maximum absolute atomic E-state index is 12.8. The second-order valence-corrected chi connectivity index (χ2v) is 7.73. The molecule has 2 aliphatic rings. The van der Waals surface area contributed by atoms with Gasteiger partial charge in [-0.15, -0.1) is 0 Å². The molecule has 1 aromatic heterocycles. The molecule has 140 valence electrons. The highest BCUT2D eigenvalue weighted by atomic mass is 32.1. The summed E-state index contributed by atoms with van der Waals surface area (Å²) in [7, 11) is 0. The third-order valence-electron chi connectivity index (χ3n) is 4.95. The number of fused-ring (bicyclic) bond motifs is 1. The van der Waals surface area contributed by atoms with Crippen LogP contribution in [0.15, 0.2) is 18.2 Å². The predicted octanol–water partition coefficient (Wildman–Crippen LogP) is 2.91. The van der Waals surface area contributed by atoms with Crippen LogP contribution in [0.4, 0.5) is 5.13 Å². The molecule has 3 heterocycles. The molecular formula is C19H25N3O3S. The van der Waals surface area contributed by atoms with Crippen LogP contribution in [0.5, 0.6) is 5.75 Å². The molecule has 7 heteroatoms. The summed E-state index contributed by atoms with van der Waals surface area (Å²) in [5, 5.41) is 0.937. The van der Waals surface area contributed by atoms with Gasteiger partial charge >= 0.3 is 0 Å². The molecule has 1 atom stereocenters. The van der Waals surface area contributed by atoms with Crippen LogP contribution in [0, 0.1) is 0 Å². The number of hydrogen-bond donors (Lipinski definition) is 0. The number of hydrogen-bond acceptors (Lipinski definition) is 6. The van der Waals surface area contributed by atoms with Gasteiger partial charge in [0.25, 0.3) is 5.91 Å². The number of carbonyl (C=O) groups is 1. The molecule has 1 amide bonds. The number of thiazole rings is 1. The van der Waals surface area contributed by atoms with E-state index in [-0.39, 0.29) is 12.0 Å². The second kappa shape index (κ2) is 7.80. The first-order valence-electron chi connectivity index (χ1n) is 9.44. The summed E-state index contributed by atoms with van der Waals surface area (Å²) in [6.07, 6.45) is 3.02. The number of rotatable bonds is 4. The summed E-state index contributed by atoms with van der Waals surface area (Å²) in [6.45, 7) is 6.20. The van der Waals surface area contributed by atoms with Crippen molar-refractivity contribution in [2.24, 2.45) is 0 Å². The topological polar surface area (TPSA) is 54.9 Å². The highest BCUT2D eigenvalue weighted by molar-refractivity contribution is 7.22. The molecule has 0 radical (unpaired) electrons. The van der Waals surface area contributed by atoms with Gasteiger partial charge in [0.1, 0.15) is 11.3 Å². The van der Waals surface area contributed by atoms with Crippen molar-refractivity contribution in [2.45, 2.75) is 32.3 Å². The lowest BCUT2D eigenvalue weighted by Gasteiger charge is -2.36. The number of anilines is 1. The Hall–Kier alpha value is -1.86. The van der Waals surface area contributed by atoms with Gasteiger partial charge in [0.15, 0.2) is 11.2 Å². The van der Waals surface area contributed by atoms with E-state index in [4.69, 9.17) is 14.5 Å². The van der Waals surface area contributed by atoms with Crippen molar-refractivity contribution in [1.82, 2.24) is 9.88 Å². The normalized spacial score (nSPS) is 21.2. The zero-order valence-electron chi connectivity index (χ0n) is 15.1. The van der Waals surface area contributed by atoms with Crippen LogP contribution in [-0.2, 0) is 9.53 Å². The molecule has 6 nitrogen and oxygen atoms in total. The van der Waals surface area contributed by atoms with Crippen LogP contribution in [-0.4, -0.2) is 61.3 Å². The van der Waals surface area contributed by atoms with E-state index < -0.39 is 0 Å². The monoisotopic (exact) mass is 375 g/mol.